The zero-order valence-corrected chi connectivity index (χ0v) is 26.2. The number of carbonyl (C=O) groups is 2. The maximum Gasteiger partial charge on any atom is 0.345 e. The van der Waals surface area contributed by atoms with Crippen LogP contribution < -0.4 is 0 Å². The molecule has 0 aliphatic heterocycles. The summed E-state index contributed by atoms with van der Waals surface area (Å²) >= 11 is 0. The standard InChI is InChI=1S/C35H66O4/c1-3-5-7-9-11-13-15-16-17-18-19-20-22-24-26-28-30-32-34(36)39-33(35(37)38)31-29-27-25-23-21-14-12-10-8-6-4-2/h16-17,33H,3-15,18-32H2,1-2H3,(H,37,38)/b17-16-. The molecule has 230 valence electrons. The summed E-state index contributed by atoms with van der Waals surface area (Å²) in [4.78, 5) is 23.6. The zero-order valence-electron chi connectivity index (χ0n) is 26.2. The first-order valence-corrected chi connectivity index (χ1v) is 17.2. The van der Waals surface area contributed by atoms with E-state index in [0.29, 0.717) is 12.8 Å². The Labute approximate surface area is 243 Å². The third-order valence-corrected chi connectivity index (χ3v) is 7.76. The van der Waals surface area contributed by atoms with Gasteiger partial charge in [0.1, 0.15) is 0 Å². The topological polar surface area (TPSA) is 63.6 Å². The number of rotatable bonds is 31. The highest BCUT2D eigenvalue weighted by Gasteiger charge is 2.21. The van der Waals surface area contributed by atoms with E-state index in [9.17, 15) is 14.7 Å². The first-order chi connectivity index (χ1) is 19.1. The highest BCUT2D eigenvalue weighted by Crippen LogP contribution is 2.15. The van der Waals surface area contributed by atoms with E-state index in [1.165, 1.54) is 128 Å². The Hall–Kier alpha value is -1.32. The highest BCUT2D eigenvalue weighted by molar-refractivity contribution is 5.77. The van der Waals surface area contributed by atoms with Crippen molar-refractivity contribution < 1.29 is 19.4 Å². The molecule has 0 aromatic rings. The molecule has 0 spiro atoms. The molecule has 0 fully saturated rings. The van der Waals surface area contributed by atoms with Crippen molar-refractivity contribution in [2.45, 2.75) is 200 Å². The number of carboxylic acids is 1. The van der Waals surface area contributed by atoms with Gasteiger partial charge in [-0.25, -0.2) is 4.79 Å². The average molecular weight is 551 g/mol. The second-order valence-electron chi connectivity index (χ2n) is 11.7. The number of allylic oxidation sites excluding steroid dienone is 2. The van der Waals surface area contributed by atoms with Crippen LogP contribution in [0, 0.1) is 0 Å². The van der Waals surface area contributed by atoms with Crippen LogP contribution in [0.3, 0.4) is 0 Å². The van der Waals surface area contributed by atoms with Crippen LogP contribution in [-0.4, -0.2) is 23.1 Å². The lowest BCUT2D eigenvalue weighted by Gasteiger charge is -2.13. The molecular weight excluding hydrogens is 484 g/mol. The fraction of sp³-hybridized carbons (Fsp3) is 0.886. The lowest BCUT2D eigenvalue weighted by molar-refractivity contribution is -0.164. The van der Waals surface area contributed by atoms with Crippen LogP contribution in [0.4, 0.5) is 0 Å². The van der Waals surface area contributed by atoms with Gasteiger partial charge >= 0.3 is 11.9 Å². The summed E-state index contributed by atoms with van der Waals surface area (Å²) in [6, 6.07) is 0. The van der Waals surface area contributed by atoms with Gasteiger partial charge in [-0.2, -0.15) is 0 Å². The van der Waals surface area contributed by atoms with Crippen LogP contribution in [-0.2, 0) is 14.3 Å². The first-order valence-electron chi connectivity index (χ1n) is 17.2. The first kappa shape index (κ1) is 37.7. The predicted octanol–water partition coefficient (Wildman–Crippen LogP) is 11.5. The summed E-state index contributed by atoms with van der Waals surface area (Å²) in [6.45, 7) is 4.51. The summed E-state index contributed by atoms with van der Waals surface area (Å²) in [5.74, 6) is -1.36. The molecule has 0 rings (SSSR count). The van der Waals surface area contributed by atoms with Crippen LogP contribution >= 0.6 is 0 Å². The van der Waals surface area contributed by atoms with Gasteiger partial charge < -0.3 is 9.84 Å². The van der Waals surface area contributed by atoms with Gasteiger partial charge in [0.15, 0.2) is 6.10 Å². The van der Waals surface area contributed by atoms with Crippen molar-refractivity contribution in [2.24, 2.45) is 0 Å². The average Bonchev–Trinajstić information content (AvgIpc) is 2.92. The van der Waals surface area contributed by atoms with Crippen molar-refractivity contribution in [3.05, 3.63) is 12.2 Å². The van der Waals surface area contributed by atoms with E-state index < -0.39 is 12.1 Å². The fourth-order valence-electron chi connectivity index (χ4n) is 5.14. The molecule has 0 aliphatic carbocycles. The van der Waals surface area contributed by atoms with E-state index in [2.05, 4.69) is 26.0 Å². The molecule has 0 aliphatic rings. The largest absolute Gasteiger partial charge is 0.479 e. The van der Waals surface area contributed by atoms with Gasteiger partial charge in [-0.15, -0.1) is 0 Å². The molecule has 0 aromatic carbocycles. The minimum Gasteiger partial charge on any atom is -0.479 e. The molecule has 0 amide bonds. The lowest BCUT2D eigenvalue weighted by Crippen LogP contribution is -2.27. The normalized spacial score (nSPS) is 12.3. The summed E-state index contributed by atoms with van der Waals surface area (Å²) < 4.78 is 5.29. The zero-order chi connectivity index (χ0) is 28.7. The minimum atomic E-state index is -1.01. The third kappa shape index (κ3) is 29.5. The Balaban J connectivity index is 3.55. The molecule has 0 saturated heterocycles. The molecule has 1 N–H and O–H groups in total. The number of ether oxygens (including phenoxy) is 1. The van der Waals surface area contributed by atoms with E-state index in [0.717, 1.165) is 38.5 Å². The Morgan fingerprint density at radius 3 is 1.31 bits per heavy atom. The fourth-order valence-corrected chi connectivity index (χ4v) is 5.14. The molecule has 0 radical (unpaired) electrons. The number of hydrogen-bond acceptors (Lipinski definition) is 3. The van der Waals surface area contributed by atoms with Gasteiger partial charge in [-0.3, -0.25) is 4.79 Å². The van der Waals surface area contributed by atoms with Crippen LogP contribution in [0.25, 0.3) is 0 Å². The lowest BCUT2D eigenvalue weighted by atomic mass is 10.0. The Bertz CT molecular complexity index is 557. The van der Waals surface area contributed by atoms with Gasteiger partial charge in [0, 0.05) is 6.42 Å². The number of carboxylic acid groups (broad SMARTS) is 1. The van der Waals surface area contributed by atoms with E-state index in [-0.39, 0.29) is 5.97 Å². The van der Waals surface area contributed by atoms with Gasteiger partial charge in [-0.05, 0) is 44.9 Å². The number of carbonyl (C=O) groups excluding carboxylic acids is 1. The predicted molar refractivity (Wildman–Crippen MR) is 167 cm³/mol. The van der Waals surface area contributed by atoms with Crippen molar-refractivity contribution in [3.8, 4) is 0 Å². The van der Waals surface area contributed by atoms with Crippen molar-refractivity contribution >= 4 is 11.9 Å². The smallest absolute Gasteiger partial charge is 0.345 e. The molecule has 0 aromatic heterocycles. The van der Waals surface area contributed by atoms with Crippen molar-refractivity contribution in [3.63, 3.8) is 0 Å². The molecule has 4 heteroatoms. The second-order valence-corrected chi connectivity index (χ2v) is 11.7. The molecule has 0 saturated carbocycles. The molecule has 0 heterocycles. The summed E-state index contributed by atoms with van der Waals surface area (Å²) in [6.07, 6.45) is 36.7. The summed E-state index contributed by atoms with van der Waals surface area (Å²) in [5, 5.41) is 9.42. The molecular formula is C35H66O4. The van der Waals surface area contributed by atoms with E-state index in [1.807, 2.05) is 0 Å². The quantitative estimate of drug-likeness (QED) is 0.0529. The second kappa shape index (κ2) is 31.2. The maximum absolute atomic E-state index is 12.1. The Morgan fingerprint density at radius 1 is 0.538 bits per heavy atom. The van der Waals surface area contributed by atoms with Gasteiger partial charge in [0.05, 0.1) is 0 Å². The van der Waals surface area contributed by atoms with Crippen molar-refractivity contribution in [1.82, 2.24) is 0 Å². The maximum atomic E-state index is 12.1. The van der Waals surface area contributed by atoms with Crippen molar-refractivity contribution in [1.29, 1.82) is 0 Å². The molecule has 4 nitrogen and oxygen atoms in total. The Kier molecular flexibility index (Phi) is 30.2. The monoisotopic (exact) mass is 550 g/mol. The Morgan fingerprint density at radius 2 is 0.897 bits per heavy atom. The third-order valence-electron chi connectivity index (χ3n) is 7.76. The van der Waals surface area contributed by atoms with Gasteiger partial charge in [0.2, 0.25) is 0 Å². The van der Waals surface area contributed by atoms with E-state index >= 15 is 0 Å². The van der Waals surface area contributed by atoms with Gasteiger partial charge in [0.25, 0.3) is 0 Å². The number of esters is 1. The van der Waals surface area contributed by atoms with E-state index in [4.69, 9.17) is 4.74 Å². The molecule has 39 heavy (non-hydrogen) atoms. The highest BCUT2D eigenvalue weighted by atomic mass is 16.6. The number of aliphatic carboxylic acids is 1. The van der Waals surface area contributed by atoms with E-state index in [1.54, 1.807) is 0 Å². The van der Waals surface area contributed by atoms with Crippen LogP contribution in [0.2, 0.25) is 0 Å². The summed E-state index contributed by atoms with van der Waals surface area (Å²) in [7, 11) is 0. The number of unbranched alkanes of at least 4 members (excludes halogenated alkanes) is 23. The molecule has 0 bridgehead atoms. The van der Waals surface area contributed by atoms with Crippen LogP contribution in [0.15, 0.2) is 12.2 Å². The van der Waals surface area contributed by atoms with Crippen LogP contribution in [0.1, 0.15) is 194 Å². The summed E-state index contributed by atoms with van der Waals surface area (Å²) in [5.41, 5.74) is 0. The van der Waals surface area contributed by atoms with Crippen molar-refractivity contribution in [2.75, 3.05) is 0 Å². The molecule has 1 atom stereocenters. The van der Waals surface area contributed by atoms with Gasteiger partial charge in [-0.1, -0.05) is 154 Å². The minimum absolute atomic E-state index is 0.339. The molecule has 1 unspecified atom stereocenters. The van der Waals surface area contributed by atoms with Crippen LogP contribution in [0.5, 0.6) is 0 Å². The SMILES string of the molecule is CCCCCCCC/C=C\CCCCCCCCCC(=O)OC(CCCCCCCCCCCCC)C(=O)O. The number of hydrogen-bond donors (Lipinski definition) is 1.